The average molecular weight is 323 g/mol. The Morgan fingerprint density at radius 2 is 1.95 bits per heavy atom. The smallest absolute Gasteiger partial charge is 0.475 e. The molecule has 0 aliphatic heterocycles. The summed E-state index contributed by atoms with van der Waals surface area (Å²) < 4.78 is 31.7. The molecule has 5 nitrogen and oxygen atoms in total. The van der Waals surface area contributed by atoms with E-state index in [-0.39, 0.29) is 5.84 Å². The highest BCUT2D eigenvalue weighted by atomic mass is 32.1. The second kappa shape index (κ2) is 6.48. The van der Waals surface area contributed by atoms with Gasteiger partial charge in [0.15, 0.2) is 0 Å². The molecule has 0 aromatic carbocycles. The van der Waals surface area contributed by atoms with E-state index < -0.39 is 12.1 Å². The second-order valence-electron chi connectivity index (χ2n) is 3.22. The van der Waals surface area contributed by atoms with Crippen molar-refractivity contribution in [3.05, 3.63) is 27.9 Å². The van der Waals surface area contributed by atoms with Gasteiger partial charge in [-0.05, 0) is 11.4 Å². The van der Waals surface area contributed by atoms with Gasteiger partial charge in [-0.3, -0.25) is 5.41 Å². The number of amidine groups is 1. The van der Waals surface area contributed by atoms with Crippen molar-refractivity contribution in [2.24, 2.45) is 5.73 Å². The third kappa shape index (κ3) is 4.31. The van der Waals surface area contributed by atoms with Crippen molar-refractivity contribution in [3.63, 3.8) is 0 Å². The maximum Gasteiger partial charge on any atom is 0.490 e. The topological polar surface area (TPSA) is 100 Å². The average Bonchev–Trinajstić information content (AvgIpc) is 2.99. The van der Waals surface area contributed by atoms with Crippen LogP contribution < -0.4 is 5.73 Å². The minimum Gasteiger partial charge on any atom is -0.475 e. The summed E-state index contributed by atoms with van der Waals surface area (Å²) in [6, 6.07) is 1.94. The zero-order valence-corrected chi connectivity index (χ0v) is 11.3. The number of nitrogens with zero attached hydrogens (tertiary/aromatic N) is 1. The van der Waals surface area contributed by atoms with Gasteiger partial charge in [0.05, 0.1) is 4.88 Å². The molecule has 2 heterocycles. The first-order valence-corrected chi connectivity index (χ1v) is 6.61. The number of carboxylic acid groups (broad SMARTS) is 1. The zero-order chi connectivity index (χ0) is 15.3. The third-order valence-corrected chi connectivity index (χ3v) is 3.57. The number of alkyl halides is 3. The van der Waals surface area contributed by atoms with E-state index in [1.54, 1.807) is 17.5 Å². The summed E-state index contributed by atoms with van der Waals surface area (Å²) in [6.45, 7) is 0. The molecule has 2 aromatic rings. The molecule has 20 heavy (non-hydrogen) atoms. The largest absolute Gasteiger partial charge is 0.490 e. The Kier molecular flexibility index (Phi) is 5.22. The predicted molar refractivity (Wildman–Crippen MR) is 70.1 cm³/mol. The fraction of sp³-hybridized carbons (Fsp3) is 0.100. The molecule has 0 fully saturated rings. The summed E-state index contributed by atoms with van der Waals surface area (Å²) in [5.74, 6) is -2.65. The van der Waals surface area contributed by atoms with E-state index in [9.17, 15) is 13.2 Å². The summed E-state index contributed by atoms with van der Waals surface area (Å²) in [5, 5.41) is 19.2. The summed E-state index contributed by atoms with van der Waals surface area (Å²) in [7, 11) is 0. The van der Waals surface area contributed by atoms with Gasteiger partial charge in [0, 0.05) is 17.1 Å². The highest BCUT2D eigenvalue weighted by molar-refractivity contribution is 7.15. The van der Waals surface area contributed by atoms with Crippen molar-refractivity contribution in [1.82, 2.24) is 4.98 Å². The predicted octanol–water partition coefficient (Wildman–Crippen LogP) is 2.79. The molecule has 0 atom stereocenters. The fourth-order valence-electron chi connectivity index (χ4n) is 1.04. The van der Waals surface area contributed by atoms with Crippen LogP contribution in [0.2, 0.25) is 0 Å². The molecule has 2 aromatic heterocycles. The lowest BCUT2D eigenvalue weighted by Crippen LogP contribution is -2.21. The zero-order valence-electron chi connectivity index (χ0n) is 9.64. The molecule has 10 heteroatoms. The quantitative estimate of drug-likeness (QED) is 0.584. The molecule has 108 valence electrons. The monoisotopic (exact) mass is 323 g/mol. The Morgan fingerprint density at radius 3 is 2.35 bits per heavy atom. The lowest BCUT2D eigenvalue weighted by molar-refractivity contribution is -0.192. The van der Waals surface area contributed by atoms with E-state index in [0.717, 1.165) is 15.4 Å². The summed E-state index contributed by atoms with van der Waals surface area (Å²) in [4.78, 5) is 13.9. The Morgan fingerprint density at radius 1 is 1.35 bits per heavy atom. The number of thiazole rings is 1. The fourth-order valence-corrected chi connectivity index (χ4v) is 2.54. The van der Waals surface area contributed by atoms with E-state index in [0.29, 0.717) is 0 Å². The molecule has 0 saturated heterocycles. The van der Waals surface area contributed by atoms with Gasteiger partial charge in [-0.25, -0.2) is 9.78 Å². The van der Waals surface area contributed by atoms with Gasteiger partial charge in [-0.1, -0.05) is 0 Å². The SMILES string of the molecule is N=C(N)c1sccc1-c1nccs1.O=C(O)C(F)(F)F. The molecule has 0 spiro atoms. The Bertz CT molecular complexity index is 593. The van der Waals surface area contributed by atoms with E-state index in [4.69, 9.17) is 21.0 Å². The number of hydrogen-bond acceptors (Lipinski definition) is 5. The number of nitrogens with two attached hydrogens (primary N) is 1. The number of aliphatic carboxylic acids is 1. The van der Waals surface area contributed by atoms with Crippen molar-refractivity contribution in [3.8, 4) is 10.6 Å². The number of hydrogen-bond donors (Lipinski definition) is 3. The van der Waals surface area contributed by atoms with Crippen LogP contribution in [0.4, 0.5) is 13.2 Å². The van der Waals surface area contributed by atoms with E-state index in [1.807, 2.05) is 16.8 Å². The number of rotatable bonds is 2. The van der Waals surface area contributed by atoms with Crippen molar-refractivity contribution >= 4 is 34.5 Å². The Balaban J connectivity index is 0.000000246. The molecule has 4 N–H and O–H groups in total. The summed E-state index contributed by atoms with van der Waals surface area (Å²) >= 11 is 3.03. The molecule has 0 aliphatic rings. The van der Waals surface area contributed by atoms with Crippen LogP contribution in [0.15, 0.2) is 23.0 Å². The van der Waals surface area contributed by atoms with Crippen molar-refractivity contribution in [2.45, 2.75) is 6.18 Å². The van der Waals surface area contributed by atoms with Gasteiger partial charge in [0.2, 0.25) is 0 Å². The maximum absolute atomic E-state index is 10.6. The van der Waals surface area contributed by atoms with Gasteiger partial charge in [-0.15, -0.1) is 22.7 Å². The van der Waals surface area contributed by atoms with Crippen LogP contribution in [0.25, 0.3) is 10.6 Å². The third-order valence-electron chi connectivity index (χ3n) is 1.82. The first-order valence-electron chi connectivity index (χ1n) is 4.85. The number of carboxylic acids is 1. The molecule has 0 bridgehead atoms. The van der Waals surface area contributed by atoms with Gasteiger partial charge in [0.25, 0.3) is 0 Å². The summed E-state index contributed by atoms with van der Waals surface area (Å²) in [5.41, 5.74) is 6.40. The molecular formula is C10H8F3N3O2S2. The Labute approximate surface area is 119 Å². The number of carbonyl (C=O) groups is 1. The van der Waals surface area contributed by atoms with Gasteiger partial charge in [-0.2, -0.15) is 13.2 Å². The van der Waals surface area contributed by atoms with Crippen LogP contribution in [0.5, 0.6) is 0 Å². The lowest BCUT2D eigenvalue weighted by atomic mass is 10.2. The minimum atomic E-state index is -5.08. The highest BCUT2D eigenvalue weighted by Crippen LogP contribution is 2.29. The van der Waals surface area contributed by atoms with Crippen molar-refractivity contribution in [1.29, 1.82) is 5.41 Å². The molecule has 0 unspecified atom stereocenters. The van der Waals surface area contributed by atoms with Crippen molar-refractivity contribution < 1.29 is 23.1 Å². The van der Waals surface area contributed by atoms with Gasteiger partial charge < -0.3 is 10.8 Å². The van der Waals surface area contributed by atoms with Crippen LogP contribution in [0.3, 0.4) is 0 Å². The number of aromatic nitrogens is 1. The first kappa shape index (κ1) is 16.1. The van der Waals surface area contributed by atoms with Gasteiger partial charge >= 0.3 is 12.1 Å². The van der Waals surface area contributed by atoms with E-state index >= 15 is 0 Å². The van der Waals surface area contributed by atoms with Crippen LogP contribution in [-0.2, 0) is 4.79 Å². The second-order valence-corrected chi connectivity index (χ2v) is 5.03. The molecule has 0 amide bonds. The van der Waals surface area contributed by atoms with E-state index in [1.165, 1.54) is 11.3 Å². The highest BCUT2D eigenvalue weighted by Gasteiger charge is 2.38. The lowest BCUT2D eigenvalue weighted by Gasteiger charge is -1.96. The minimum absolute atomic E-state index is 0.111. The molecule has 0 saturated carbocycles. The van der Waals surface area contributed by atoms with Gasteiger partial charge in [0.1, 0.15) is 10.8 Å². The van der Waals surface area contributed by atoms with Crippen LogP contribution >= 0.6 is 22.7 Å². The van der Waals surface area contributed by atoms with Crippen LogP contribution in [0, 0.1) is 5.41 Å². The molecular weight excluding hydrogens is 315 g/mol. The summed E-state index contributed by atoms with van der Waals surface area (Å²) in [6.07, 6.45) is -3.33. The molecule has 2 rings (SSSR count). The van der Waals surface area contributed by atoms with Crippen LogP contribution in [-0.4, -0.2) is 28.1 Å². The maximum atomic E-state index is 10.6. The van der Waals surface area contributed by atoms with Crippen molar-refractivity contribution in [2.75, 3.05) is 0 Å². The molecule has 0 aliphatic carbocycles. The number of nitrogen functional groups attached to an aromatic ring is 1. The van der Waals surface area contributed by atoms with Crippen LogP contribution in [0.1, 0.15) is 4.88 Å². The standard InChI is InChI=1S/C8H7N3S2.C2HF3O2/c9-7(10)6-5(1-3-12-6)8-11-2-4-13-8;3-2(4,5)1(6)7/h1-4H,(H3,9,10);(H,6,7). The molecule has 0 radical (unpaired) electrons. The first-order chi connectivity index (χ1) is 9.23. The number of nitrogens with one attached hydrogen (secondary N) is 1. The normalized spacial score (nSPS) is 10.6. The van der Waals surface area contributed by atoms with E-state index in [2.05, 4.69) is 4.98 Å². The Hall–Kier alpha value is -1.94. The number of halogens is 3. The number of thiophene rings is 1.